The number of furan rings is 1. The molecule has 0 aliphatic rings. The third-order valence-corrected chi connectivity index (χ3v) is 2.66. The van der Waals surface area contributed by atoms with Crippen LogP contribution < -0.4 is 10.6 Å². The lowest BCUT2D eigenvalue weighted by Crippen LogP contribution is -2.13. The van der Waals surface area contributed by atoms with E-state index in [9.17, 15) is 9.59 Å². The molecule has 0 fully saturated rings. The van der Waals surface area contributed by atoms with Crippen LogP contribution in [0.5, 0.6) is 0 Å². The average Bonchev–Trinajstić information content (AvgIpc) is 2.99. The summed E-state index contributed by atoms with van der Waals surface area (Å²) in [7, 11) is 0. The highest BCUT2D eigenvalue weighted by molar-refractivity contribution is 6.09. The number of carbonyl (C=O) groups excluding carboxylic acids is 2. The SMILES string of the molecule is CC(=O)Nc1ccc(NC(=O)/C(C#N)=C/c2ccco2)cc1. The van der Waals surface area contributed by atoms with Gasteiger partial charge in [0.2, 0.25) is 5.91 Å². The summed E-state index contributed by atoms with van der Waals surface area (Å²) < 4.78 is 5.07. The van der Waals surface area contributed by atoms with Gasteiger partial charge >= 0.3 is 0 Å². The third kappa shape index (κ3) is 4.08. The van der Waals surface area contributed by atoms with E-state index >= 15 is 0 Å². The number of nitrogens with one attached hydrogen (secondary N) is 2. The fourth-order valence-corrected chi connectivity index (χ4v) is 1.70. The molecule has 0 bridgehead atoms. The lowest BCUT2D eigenvalue weighted by atomic mass is 10.2. The minimum atomic E-state index is -0.536. The van der Waals surface area contributed by atoms with Crippen LogP contribution in [0.2, 0.25) is 0 Å². The van der Waals surface area contributed by atoms with Crippen molar-refractivity contribution >= 4 is 29.3 Å². The van der Waals surface area contributed by atoms with E-state index in [2.05, 4.69) is 10.6 Å². The summed E-state index contributed by atoms with van der Waals surface area (Å²) in [5.41, 5.74) is 1.07. The molecule has 2 aromatic rings. The van der Waals surface area contributed by atoms with Crippen LogP contribution >= 0.6 is 0 Å². The minimum Gasteiger partial charge on any atom is -0.465 e. The van der Waals surface area contributed by atoms with Gasteiger partial charge in [-0.15, -0.1) is 0 Å². The molecule has 0 spiro atoms. The Morgan fingerprint density at radius 1 is 1.14 bits per heavy atom. The maximum Gasteiger partial charge on any atom is 0.266 e. The molecule has 22 heavy (non-hydrogen) atoms. The highest BCUT2D eigenvalue weighted by Crippen LogP contribution is 2.15. The molecule has 110 valence electrons. The molecule has 0 radical (unpaired) electrons. The number of hydrogen-bond acceptors (Lipinski definition) is 4. The molecule has 0 aliphatic carbocycles. The second kappa shape index (κ2) is 6.90. The first-order valence-electron chi connectivity index (χ1n) is 6.43. The monoisotopic (exact) mass is 295 g/mol. The van der Waals surface area contributed by atoms with E-state index in [1.165, 1.54) is 19.3 Å². The predicted octanol–water partition coefficient (Wildman–Crippen LogP) is 2.78. The van der Waals surface area contributed by atoms with Crippen LogP contribution in [-0.4, -0.2) is 11.8 Å². The first-order valence-corrected chi connectivity index (χ1v) is 6.43. The fraction of sp³-hybridized carbons (Fsp3) is 0.0625. The first-order chi connectivity index (χ1) is 10.6. The Bertz CT molecular complexity index is 738. The van der Waals surface area contributed by atoms with Gasteiger partial charge in [0.1, 0.15) is 17.4 Å². The van der Waals surface area contributed by atoms with Crippen molar-refractivity contribution in [2.45, 2.75) is 6.92 Å². The van der Waals surface area contributed by atoms with E-state index in [0.717, 1.165) is 0 Å². The summed E-state index contributed by atoms with van der Waals surface area (Å²) in [6.45, 7) is 1.41. The summed E-state index contributed by atoms with van der Waals surface area (Å²) in [5, 5.41) is 14.3. The Balaban J connectivity index is 2.07. The van der Waals surface area contributed by atoms with Crippen molar-refractivity contribution in [3.63, 3.8) is 0 Å². The highest BCUT2D eigenvalue weighted by atomic mass is 16.3. The molecule has 6 heteroatoms. The van der Waals surface area contributed by atoms with E-state index in [1.807, 2.05) is 6.07 Å². The van der Waals surface area contributed by atoms with Crippen molar-refractivity contribution < 1.29 is 14.0 Å². The Morgan fingerprint density at radius 3 is 2.27 bits per heavy atom. The number of anilines is 2. The van der Waals surface area contributed by atoms with Crippen molar-refractivity contribution in [3.05, 3.63) is 54.0 Å². The molecule has 0 saturated carbocycles. The largest absolute Gasteiger partial charge is 0.465 e. The average molecular weight is 295 g/mol. The topological polar surface area (TPSA) is 95.1 Å². The highest BCUT2D eigenvalue weighted by Gasteiger charge is 2.10. The van der Waals surface area contributed by atoms with Gasteiger partial charge in [-0.1, -0.05) is 0 Å². The molecule has 1 heterocycles. The Hall–Kier alpha value is -3.33. The zero-order valence-corrected chi connectivity index (χ0v) is 11.8. The van der Waals surface area contributed by atoms with E-state index < -0.39 is 5.91 Å². The van der Waals surface area contributed by atoms with Crippen LogP contribution in [0.3, 0.4) is 0 Å². The number of benzene rings is 1. The summed E-state index contributed by atoms with van der Waals surface area (Å²) in [6, 6.07) is 11.7. The predicted molar refractivity (Wildman–Crippen MR) is 81.7 cm³/mol. The molecule has 2 amide bonds. The number of nitriles is 1. The molecular weight excluding hydrogens is 282 g/mol. The fourth-order valence-electron chi connectivity index (χ4n) is 1.70. The van der Waals surface area contributed by atoms with Gasteiger partial charge in [-0.3, -0.25) is 9.59 Å². The number of hydrogen-bond donors (Lipinski definition) is 2. The number of rotatable bonds is 4. The lowest BCUT2D eigenvalue weighted by molar-refractivity contribution is -0.114. The molecule has 1 aromatic carbocycles. The quantitative estimate of drug-likeness (QED) is 0.669. The summed E-state index contributed by atoms with van der Waals surface area (Å²) >= 11 is 0. The minimum absolute atomic E-state index is 0.0686. The van der Waals surface area contributed by atoms with Gasteiger partial charge in [0.25, 0.3) is 5.91 Å². The van der Waals surface area contributed by atoms with Gasteiger partial charge in [-0.25, -0.2) is 0 Å². The van der Waals surface area contributed by atoms with Gasteiger partial charge < -0.3 is 15.1 Å². The summed E-state index contributed by atoms with van der Waals surface area (Å²) in [5.74, 6) is -0.288. The molecule has 0 atom stereocenters. The maximum absolute atomic E-state index is 12.0. The van der Waals surface area contributed by atoms with Crippen molar-refractivity contribution in [1.29, 1.82) is 5.26 Å². The summed E-state index contributed by atoms with van der Waals surface area (Å²) in [4.78, 5) is 22.9. The van der Waals surface area contributed by atoms with E-state index in [-0.39, 0.29) is 11.5 Å². The lowest BCUT2D eigenvalue weighted by Gasteiger charge is -2.06. The third-order valence-electron chi connectivity index (χ3n) is 2.66. The molecule has 2 N–H and O–H groups in total. The Morgan fingerprint density at radius 2 is 1.77 bits per heavy atom. The number of nitrogens with zero attached hydrogens (tertiary/aromatic N) is 1. The molecular formula is C16H13N3O3. The van der Waals surface area contributed by atoms with Gasteiger partial charge in [-0.05, 0) is 36.4 Å². The van der Waals surface area contributed by atoms with Crippen LogP contribution in [0.15, 0.2) is 52.7 Å². The second-order valence-electron chi connectivity index (χ2n) is 4.40. The zero-order valence-electron chi connectivity index (χ0n) is 11.8. The first kappa shape index (κ1) is 15.1. The second-order valence-corrected chi connectivity index (χ2v) is 4.40. The van der Waals surface area contributed by atoms with Crippen LogP contribution in [-0.2, 0) is 9.59 Å². The summed E-state index contributed by atoms with van der Waals surface area (Å²) in [6.07, 6.45) is 2.82. The standard InChI is InChI=1S/C16H13N3O3/c1-11(20)18-13-4-6-14(7-5-13)19-16(21)12(10-17)9-15-3-2-8-22-15/h2-9H,1H3,(H,18,20)(H,19,21)/b12-9+. The van der Waals surface area contributed by atoms with Gasteiger partial charge in [0.15, 0.2) is 0 Å². The van der Waals surface area contributed by atoms with Gasteiger partial charge in [0.05, 0.1) is 6.26 Å². The van der Waals surface area contributed by atoms with Crippen LogP contribution in [0.25, 0.3) is 6.08 Å². The molecule has 0 saturated heterocycles. The van der Waals surface area contributed by atoms with Crippen molar-refractivity contribution in [1.82, 2.24) is 0 Å². The van der Waals surface area contributed by atoms with Gasteiger partial charge in [-0.2, -0.15) is 5.26 Å². The molecule has 1 aromatic heterocycles. The molecule has 2 rings (SSSR count). The molecule has 0 aliphatic heterocycles. The molecule has 0 unspecified atom stereocenters. The van der Waals surface area contributed by atoms with Gasteiger partial charge in [0, 0.05) is 24.4 Å². The molecule has 6 nitrogen and oxygen atoms in total. The van der Waals surface area contributed by atoms with Crippen LogP contribution in [0.1, 0.15) is 12.7 Å². The van der Waals surface area contributed by atoms with E-state index in [4.69, 9.17) is 9.68 Å². The van der Waals surface area contributed by atoms with Crippen LogP contribution in [0, 0.1) is 11.3 Å². The zero-order chi connectivity index (χ0) is 15.9. The smallest absolute Gasteiger partial charge is 0.266 e. The Labute approximate surface area is 127 Å². The maximum atomic E-state index is 12.0. The normalized spacial score (nSPS) is 10.6. The van der Waals surface area contributed by atoms with Crippen molar-refractivity contribution in [2.24, 2.45) is 0 Å². The van der Waals surface area contributed by atoms with E-state index in [1.54, 1.807) is 36.4 Å². The Kier molecular flexibility index (Phi) is 4.73. The van der Waals surface area contributed by atoms with Crippen molar-refractivity contribution in [2.75, 3.05) is 10.6 Å². The van der Waals surface area contributed by atoms with Crippen molar-refractivity contribution in [3.8, 4) is 6.07 Å². The number of carbonyl (C=O) groups is 2. The number of amides is 2. The van der Waals surface area contributed by atoms with Crippen LogP contribution in [0.4, 0.5) is 11.4 Å². The van der Waals surface area contributed by atoms with E-state index in [0.29, 0.717) is 17.1 Å².